The first-order chi connectivity index (χ1) is 8.50. The molecule has 0 spiro atoms. The van der Waals surface area contributed by atoms with Crippen molar-refractivity contribution in [1.29, 1.82) is 0 Å². The molecule has 2 unspecified atom stereocenters. The molecule has 0 fully saturated rings. The molecule has 2 rings (SSSR count). The monoisotopic (exact) mass is 265 g/mol. The van der Waals surface area contributed by atoms with Crippen molar-refractivity contribution in [3.05, 3.63) is 33.1 Å². The van der Waals surface area contributed by atoms with E-state index >= 15 is 0 Å². The normalized spacial score (nSPS) is 14.7. The summed E-state index contributed by atoms with van der Waals surface area (Å²) in [5.41, 5.74) is 5.11. The summed E-state index contributed by atoms with van der Waals surface area (Å²) in [6.45, 7) is 10.3. The number of thiazole rings is 1. The van der Waals surface area contributed by atoms with Crippen molar-refractivity contribution in [2.75, 3.05) is 0 Å². The molecule has 0 aliphatic carbocycles. The Kier molecular flexibility index (Phi) is 3.82. The number of hydrogen-bond acceptors (Lipinski definition) is 5. The van der Waals surface area contributed by atoms with Gasteiger partial charge in [0.2, 0.25) is 0 Å². The van der Waals surface area contributed by atoms with Gasteiger partial charge in [0.15, 0.2) is 0 Å². The van der Waals surface area contributed by atoms with Crippen molar-refractivity contribution in [1.82, 2.24) is 15.5 Å². The van der Waals surface area contributed by atoms with E-state index < -0.39 is 0 Å². The van der Waals surface area contributed by atoms with Gasteiger partial charge in [0.25, 0.3) is 0 Å². The van der Waals surface area contributed by atoms with E-state index in [1.165, 1.54) is 4.88 Å². The molecule has 18 heavy (non-hydrogen) atoms. The zero-order valence-corrected chi connectivity index (χ0v) is 12.3. The van der Waals surface area contributed by atoms with Gasteiger partial charge in [-0.15, -0.1) is 11.3 Å². The lowest BCUT2D eigenvalue weighted by Crippen LogP contribution is -2.23. The molecule has 0 aliphatic rings. The van der Waals surface area contributed by atoms with Crippen LogP contribution >= 0.6 is 11.3 Å². The first-order valence-electron chi connectivity index (χ1n) is 6.09. The van der Waals surface area contributed by atoms with Crippen molar-refractivity contribution >= 4 is 11.3 Å². The van der Waals surface area contributed by atoms with Crippen molar-refractivity contribution < 1.29 is 4.52 Å². The van der Waals surface area contributed by atoms with Crippen molar-refractivity contribution in [3.63, 3.8) is 0 Å². The third-order valence-corrected chi connectivity index (χ3v) is 4.31. The smallest absolute Gasteiger partial charge is 0.138 e. The first kappa shape index (κ1) is 13.2. The fraction of sp³-hybridized carbons (Fsp3) is 0.538. The minimum atomic E-state index is 0.216. The van der Waals surface area contributed by atoms with Gasteiger partial charge in [-0.3, -0.25) is 0 Å². The molecule has 2 aromatic heterocycles. The number of aryl methyl sites for hydroxylation is 3. The third-order valence-electron chi connectivity index (χ3n) is 3.20. The van der Waals surface area contributed by atoms with E-state index in [0.29, 0.717) is 0 Å². The highest BCUT2D eigenvalue weighted by Crippen LogP contribution is 2.27. The van der Waals surface area contributed by atoms with Crippen LogP contribution in [0.2, 0.25) is 0 Å². The molecule has 1 N–H and O–H groups in total. The molecule has 0 aromatic carbocycles. The molecule has 5 heteroatoms. The van der Waals surface area contributed by atoms with Crippen LogP contribution < -0.4 is 5.32 Å². The van der Waals surface area contributed by atoms with Crippen LogP contribution in [-0.4, -0.2) is 10.1 Å². The second-order valence-corrected chi connectivity index (χ2v) is 5.54. The molecule has 2 aromatic rings. The second-order valence-electron chi connectivity index (χ2n) is 4.65. The minimum Gasteiger partial charge on any atom is -0.361 e. The van der Waals surface area contributed by atoms with Gasteiger partial charge in [-0.25, -0.2) is 4.98 Å². The molecule has 0 aliphatic heterocycles. The molecule has 2 heterocycles. The Labute approximate surface area is 111 Å². The van der Waals surface area contributed by atoms with Gasteiger partial charge in [-0.2, -0.15) is 0 Å². The minimum absolute atomic E-state index is 0.216. The van der Waals surface area contributed by atoms with Crippen LogP contribution in [-0.2, 0) is 0 Å². The Morgan fingerprint density at radius 2 is 1.89 bits per heavy atom. The topological polar surface area (TPSA) is 51.0 Å². The van der Waals surface area contributed by atoms with E-state index in [1.54, 1.807) is 11.3 Å². The van der Waals surface area contributed by atoms with E-state index in [1.807, 2.05) is 26.3 Å². The van der Waals surface area contributed by atoms with Crippen LogP contribution in [0, 0.1) is 20.8 Å². The van der Waals surface area contributed by atoms with Crippen LogP contribution in [0.3, 0.4) is 0 Å². The zero-order valence-electron chi connectivity index (χ0n) is 11.4. The Morgan fingerprint density at radius 1 is 1.17 bits per heavy atom. The maximum absolute atomic E-state index is 5.21. The van der Waals surface area contributed by atoms with E-state index in [-0.39, 0.29) is 12.1 Å². The number of rotatable bonds is 4. The molecule has 2 atom stereocenters. The van der Waals surface area contributed by atoms with E-state index in [2.05, 4.69) is 29.3 Å². The van der Waals surface area contributed by atoms with Gasteiger partial charge >= 0.3 is 0 Å². The third kappa shape index (κ3) is 2.47. The SMILES string of the molecule is Cc1ncsc1C(C)NC(C)c1c(C)noc1C. The molecule has 0 amide bonds. The Hall–Kier alpha value is -1.20. The van der Waals surface area contributed by atoms with Gasteiger partial charge in [0.1, 0.15) is 5.76 Å². The van der Waals surface area contributed by atoms with Gasteiger partial charge in [-0.1, -0.05) is 5.16 Å². The maximum Gasteiger partial charge on any atom is 0.138 e. The lowest BCUT2D eigenvalue weighted by molar-refractivity contribution is 0.389. The molecular formula is C13H19N3OS. The summed E-state index contributed by atoms with van der Waals surface area (Å²) in [5.74, 6) is 0.890. The predicted octanol–water partition coefficient (Wildman–Crippen LogP) is 3.47. The maximum atomic E-state index is 5.21. The van der Waals surface area contributed by atoms with Crippen LogP contribution in [0.25, 0.3) is 0 Å². The van der Waals surface area contributed by atoms with Gasteiger partial charge < -0.3 is 9.84 Å². The second kappa shape index (κ2) is 5.20. The predicted molar refractivity (Wildman–Crippen MR) is 72.8 cm³/mol. The van der Waals surface area contributed by atoms with Crippen LogP contribution in [0.15, 0.2) is 10.0 Å². The highest BCUT2D eigenvalue weighted by Gasteiger charge is 2.20. The summed E-state index contributed by atoms with van der Waals surface area (Å²) in [5, 5.41) is 7.58. The van der Waals surface area contributed by atoms with Crippen molar-refractivity contribution in [2.24, 2.45) is 0 Å². The number of hydrogen-bond donors (Lipinski definition) is 1. The summed E-state index contributed by atoms with van der Waals surface area (Å²) in [4.78, 5) is 5.58. The number of nitrogens with one attached hydrogen (secondary N) is 1. The molecule has 0 saturated heterocycles. The highest BCUT2D eigenvalue weighted by molar-refractivity contribution is 7.09. The average molecular weight is 265 g/mol. The molecule has 0 bridgehead atoms. The standard InChI is InChI=1S/C13H19N3OS/c1-7(12-8(2)16-17-11(12)5)15-10(4)13-9(3)14-6-18-13/h6-7,10,15H,1-5H3. The Morgan fingerprint density at radius 3 is 2.39 bits per heavy atom. The fourth-order valence-electron chi connectivity index (χ4n) is 2.37. The van der Waals surface area contributed by atoms with E-state index in [9.17, 15) is 0 Å². The summed E-state index contributed by atoms with van der Waals surface area (Å²) in [6, 6.07) is 0.494. The van der Waals surface area contributed by atoms with Crippen molar-refractivity contribution in [3.8, 4) is 0 Å². The lowest BCUT2D eigenvalue weighted by Gasteiger charge is -2.19. The molecule has 98 valence electrons. The quantitative estimate of drug-likeness (QED) is 0.919. The molecule has 4 nitrogen and oxygen atoms in total. The fourth-order valence-corrected chi connectivity index (χ4v) is 3.19. The van der Waals surface area contributed by atoms with Gasteiger partial charge in [0.05, 0.1) is 16.9 Å². The molecule has 0 saturated carbocycles. The molecular weight excluding hydrogens is 246 g/mol. The number of aromatic nitrogens is 2. The average Bonchev–Trinajstić information content (AvgIpc) is 2.85. The Bertz CT molecular complexity index is 513. The number of nitrogens with zero attached hydrogens (tertiary/aromatic N) is 2. The highest BCUT2D eigenvalue weighted by atomic mass is 32.1. The van der Waals surface area contributed by atoms with E-state index in [4.69, 9.17) is 4.52 Å². The zero-order chi connectivity index (χ0) is 13.3. The summed E-state index contributed by atoms with van der Waals surface area (Å²) in [6.07, 6.45) is 0. The summed E-state index contributed by atoms with van der Waals surface area (Å²) >= 11 is 1.69. The van der Waals surface area contributed by atoms with Gasteiger partial charge in [-0.05, 0) is 34.6 Å². The lowest BCUT2D eigenvalue weighted by atomic mass is 10.1. The Balaban J connectivity index is 2.13. The first-order valence-corrected chi connectivity index (χ1v) is 6.97. The molecule has 0 radical (unpaired) electrons. The largest absolute Gasteiger partial charge is 0.361 e. The summed E-state index contributed by atoms with van der Waals surface area (Å²) < 4.78 is 5.21. The van der Waals surface area contributed by atoms with Crippen LogP contribution in [0.1, 0.15) is 53.5 Å². The van der Waals surface area contributed by atoms with Crippen LogP contribution in [0.4, 0.5) is 0 Å². The van der Waals surface area contributed by atoms with Gasteiger partial charge in [0, 0.05) is 22.5 Å². The summed E-state index contributed by atoms with van der Waals surface area (Å²) in [7, 11) is 0. The van der Waals surface area contributed by atoms with E-state index in [0.717, 1.165) is 22.7 Å². The van der Waals surface area contributed by atoms with Crippen LogP contribution in [0.5, 0.6) is 0 Å². The van der Waals surface area contributed by atoms with Crippen molar-refractivity contribution in [2.45, 2.75) is 46.7 Å².